The van der Waals surface area contributed by atoms with Crippen LogP contribution in [-0.4, -0.2) is 66.5 Å². The van der Waals surface area contributed by atoms with Crippen LogP contribution in [0.3, 0.4) is 0 Å². The molecule has 722 valence electrons. The van der Waals surface area contributed by atoms with Crippen molar-refractivity contribution in [3.8, 4) is 0 Å². The van der Waals surface area contributed by atoms with Crippen molar-refractivity contribution in [2.45, 2.75) is 658 Å². The van der Waals surface area contributed by atoms with E-state index in [-0.39, 0.29) is 19.5 Å². The monoisotopic (exact) mass is 1770 g/mol. The number of carboxylic acid groups (broad SMARTS) is 6. The zero-order valence-electron chi connectivity index (χ0n) is 82.7. The molecular weight excluding hydrogens is 1550 g/mol. The van der Waals surface area contributed by atoms with Gasteiger partial charge in [-0.25, -0.2) is 0 Å². The summed E-state index contributed by atoms with van der Waals surface area (Å²) in [5.41, 5.74) is 0. The number of unbranched alkanes of at least 4 members (excludes halogenated alkanes) is 84. The fourth-order valence-corrected chi connectivity index (χ4v) is 15.9. The van der Waals surface area contributed by atoms with Crippen LogP contribution in [0.4, 0.5) is 0 Å². The van der Waals surface area contributed by atoms with Gasteiger partial charge in [-0.2, -0.15) is 0 Å². The average molecular weight is 1770 g/mol. The summed E-state index contributed by atoms with van der Waals surface area (Å²) >= 11 is 0. The molecule has 0 amide bonds. The quantitative estimate of drug-likeness (QED) is 0.0247. The Labute approximate surface area is 767 Å². The van der Waals surface area contributed by atoms with Crippen LogP contribution in [0, 0.1) is 0 Å². The Morgan fingerprint density at radius 1 is 0.107 bits per heavy atom. The van der Waals surface area contributed by atoms with Gasteiger partial charge in [0.1, 0.15) is 0 Å². The molecule has 6 N–H and O–H groups in total. The number of rotatable bonds is 96. The van der Waals surface area contributed by atoms with Gasteiger partial charge in [-0.1, -0.05) is 581 Å². The first-order valence-electron chi connectivity index (χ1n) is 53.9. The summed E-state index contributed by atoms with van der Waals surface area (Å²) in [6.45, 7) is 13.6. The standard InChI is InChI=1S/6C18H36O2.Zn/c6*1-2-3-4-5-6-7-8-9-10-11-12-13-14-15-16-17-18(19)20;/h6*2-17H2,1H3,(H,19,20);. The summed E-state index contributed by atoms with van der Waals surface area (Å²) in [5.74, 6) is -3.92. The zero-order valence-corrected chi connectivity index (χ0v) is 85.7. The Hall–Kier alpha value is -2.56. The van der Waals surface area contributed by atoms with Crippen molar-refractivity contribution in [2.75, 3.05) is 0 Å². The molecule has 121 heavy (non-hydrogen) atoms. The smallest absolute Gasteiger partial charge is 0.303 e. The number of carbonyl (C=O) groups is 6. The van der Waals surface area contributed by atoms with E-state index in [0.29, 0.717) is 38.5 Å². The Morgan fingerprint density at radius 3 is 0.207 bits per heavy atom. The molecule has 0 saturated carbocycles. The van der Waals surface area contributed by atoms with E-state index in [1.165, 1.54) is 501 Å². The number of hydrogen-bond donors (Lipinski definition) is 6. The van der Waals surface area contributed by atoms with Crippen molar-refractivity contribution in [3.05, 3.63) is 0 Å². The van der Waals surface area contributed by atoms with Crippen LogP contribution in [0.5, 0.6) is 0 Å². The largest absolute Gasteiger partial charge is 0.481 e. The zero-order chi connectivity index (χ0) is 89.3. The molecule has 0 spiro atoms. The van der Waals surface area contributed by atoms with E-state index in [1.807, 2.05) is 0 Å². The molecule has 0 atom stereocenters. The van der Waals surface area contributed by atoms with E-state index < -0.39 is 35.8 Å². The maximum atomic E-state index is 10.3. The van der Waals surface area contributed by atoms with E-state index in [2.05, 4.69) is 41.5 Å². The third-order valence-corrected chi connectivity index (χ3v) is 24.0. The second-order valence-corrected chi connectivity index (χ2v) is 36.6. The van der Waals surface area contributed by atoms with Gasteiger partial charge < -0.3 is 30.6 Å². The first-order valence-corrected chi connectivity index (χ1v) is 53.9. The molecular formula is C108H216O12Zn. The first kappa shape index (κ1) is 132. The maximum absolute atomic E-state index is 10.3. The fourth-order valence-electron chi connectivity index (χ4n) is 15.9. The van der Waals surface area contributed by atoms with Gasteiger partial charge in [0.25, 0.3) is 0 Å². The average Bonchev–Trinajstić information content (AvgIpc) is 1.37. The van der Waals surface area contributed by atoms with Crippen molar-refractivity contribution in [2.24, 2.45) is 0 Å². The van der Waals surface area contributed by atoms with Gasteiger partial charge in [-0.05, 0) is 38.5 Å². The third-order valence-electron chi connectivity index (χ3n) is 24.0. The molecule has 0 heterocycles. The van der Waals surface area contributed by atoms with Gasteiger partial charge in [0.2, 0.25) is 0 Å². The van der Waals surface area contributed by atoms with Crippen LogP contribution in [-0.2, 0) is 48.2 Å². The van der Waals surface area contributed by atoms with Crippen molar-refractivity contribution < 1.29 is 78.9 Å². The minimum Gasteiger partial charge on any atom is -0.481 e. The van der Waals surface area contributed by atoms with Gasteiger partial charge in [-0.3, -0.25) is 28.8 Å². The third kappa shape index (κ3) is 158. The molecule has 12 nitrogen and oxygen atoms in total. The SMILES string of the molecule is CCCCCCCCCCCCCCCCCC(=O)O.CCCCCCCCCCCCCCCCCC(=O)O.CCCCCCCCCCCCCCCCCC(=O)O.CCCCCCCCCCCCCCCCCC(=O)O.CCCCCCCCCCCCCCCCCC(=O)O.CCCCCCCCCCCCCCCCCC(=O)O.[Zn]. The second-order valence-electron chi connectivity index (χ2n) is 36.6. The molecule has 0 bridgehead atoms. The van der Waals surface area contributed by atoms with Crippen molar-refractivity contribution >= 4 is 35.8 Å². The van der Waals surface area contributed by atoms with Crippen molar-refractivity contribution in [1.29, 1.82) is 0 Å². The van der Waals surface area contributed by atoms with Gasteiger partial charge in [0.15, 0.2) is 0 Å². The summed E-state index contributed by atoms with van der Waals surface area (Å²) in [6.07, 6.45) is 121. The molecule has 0 saturated heterocycles. The van der Waals surface area contributed by atoms with E-state index >= 15 is 0 Å². The fraction of sp³-hybridized carbons (Fsp3) is 0.944. The van der Waals surface area contributed by atoms with Gasteiger partial charge in [-0.15, -0.1) is 0 Å². The van der Waals surface area contributed by atoms with Crippen LogP contribution in [0.2, 0.25) is 0 Å². The molecule has 0 aliphatic carbocycles. The predicted molar refractivity (Wildman–Crippen MR) is 523 cm³/mol. The van der Waals surface area contributed by atoms with E-state index in [4.69, 9.17) is 30.6 Å². The van der Waals surface area contributed by atoms with Crippen LogP contribution in [0.25, 0.3) is 0 Å². The minimum absolute atomic E-state index is 0. The van der Waals surface area contributed by atoms with Crippen LogP contribution in [0.1, 0.15) is 658 Å². The number of aliphatic carboxylic acids is 6. The molecule has 0 aromatic heterocycles. The normalized spacial score (nSPS) is 10.8. The molecule has 13 heteroatoms. The van der Waals surface area contributed by atoms with Gasteiger partial charge >= 0.3 is 35.8 Å². The Bertz CT molecular complexity index is 1560. The van der Waals surface area contributed by atoms with E-state index in [0.717, 1.165) is 77.0 Å². The van der Waals surface area contributed by atoms with Crippen molar-refractivity contribution in [1.82, 2.24) is 0 Å². The van der Waals surface area contributed by atoms with Crippen molar-refractivity contribution in [3.63, 3.8) is 0 Å². The Kier molecular flexibility index (Phi) is 139. The summed E-state index contributed by atoms with van der Waals surface area (Å²) in [6, 6.07) is 0. The maximum Gasteiger partial charge on any atom is 0.303 e. The summed E-state index contributed by atoms with van der Waals surface area (Å²) in [5, 5.41) is 51.1. The first-order chi connectivity index (χ1) is 58.6. The van der Waals surface area contributed by atoms with Crippen LogP contribution >= 0.6 is 0 Å². The van der Waals surface area contributed by atoms with Crippen LogP contribution < -0.4 is 0 Å². The van der Waals surface area contributed by atoms with Gasteiger partial charge in [0, 0.05) is 58.0 Å². The molecule has 0 aromatic rings. The molecule has 0 unspecified atom stereocenters. The molecule has 0 aromatic carbocycles. The minimum atomic E-state index is -0.653. The summed E-state index contributed by atoms with van der Waals surface area (Å²) in [4.78, 5) is 62.0. The van der Waals surface area contributed by atoms with E-state index in [9.17, 15) is 28.8 Å². The topological polar surface area (TPSA) is 224 Å². The van der Waals surface area contributed by atoms with Gasteiger partial charge in [0.05, 0.1) is 0 Å². The molecule has 0 fully saturated rings. The Balaban J connectivity index is -0.000000257. The molecule has 0 aliphatic rings. The van der Waals surface area contributed by atoms with Crippen LogP contribution in [0.15, 0.2) is 0 Å². The second kappa shape index (κ2) is 128. The number of hydrogen-bond acceptors (Lipinski definition) is 6. The molecule has 0 radical (unpaired) electrons. The molecule has 0 rings (SSSR count). The predicted octanol–water partition coefficient (Wildman–Crippen LogP) is 38.0. The Morgan fingerprint density at radius 2 is 0.157 bits per heavy atom. The summed E-state index contributed by atoms with van der Waals surface area (Å²) < 4.78 is 0. The molecule has 0 aliphatic heterocycles. The summed E-state index contributed by atoms with van der Waals surface area (Å²) in [7, 11) is 0. The van der Waals surface area contributed by atoms with E-state index in [1.54, 1.807) is 0 Å². The number of carboxylic acids is 6.